The summed E-state index contributed by atoms with van der Waals surface area (Å²) in [6.45, 7) is 2.56. The van der Waals surface area contributed by atoms with Crippen LogP contribution in [0.15, 0.2) is 41.3 Å². The van der Waals surface area contributed by atoms with Crippen molar-refractivity contribution in [3.8, 4) is 5.75 Å². The summed E-state index contributed by atoms with van der Waals surface area (Å²) in [6, 6.07) is 3.41. The normalized spacial score (nSPS) is 19.6. The average Bonchev–Trinajstić information content (AvgIpc) is 2.90. The van der Waals surface area contributed by atoms with E-state index in [1.807, 2.05) is 0 Å². The molecular formula is C22H22F2N4O4. The molecule has 10 heteroatoms. The van der Waals surface area contributed by atoms with Crippen molar-refractivity contribution in [1.29, 1.82) is 0 Å². The minimum atomic E-state index is -1.04. The van der Waals surface area contributed by atoms with Crippen molar-refractivity contribution >= 4 is 11.8 Å². The van der Waals surface area contributed by atoms with Crippen LogP contribution >= 0.6 is 0 Å². The Bertz CT molecular complexity index is 1190. The fourth-order valence-corrected chi connectivity index (χ4v) is 3.85. The van der Waals surface area contributed by atoms with Gasteiger partial charge in [0.1, 0.15) is 24.7 Å². The number of aromatic nitrogens is 1. The third kappa shape index (κ3) is 3.51. The summed E-state index contributed by atoms with van der Waals surface area (Å²) in [5.41, 5.74) is -0.811. The van der Waals surface area contributed by atoms with E-state index in [4.69, 9.17) is 0 Å². The lowest BCUT2D eigenvalue weighted by Crippen LogP contribution is -2.58. The minimum Gasteiger partial charge on any atom is -0.502 e. The molecule has 2 atom stereocenters. The standard InChI is InChI=1S/C22H22F2N4O4/c1-12-3-5-14(17(24)7-12)9-25-21(31)16-10-27-18(20(30)19(16)29)22(32)26-11-28(27)13(2)4-6-15(26)8-23/h3-7,10,13,15,30H,8-9,11H2,1-2H3,(H,25,31)/t13-,15-/m1/s1. The number of fused-ring (bicyclic) bond motifs is 4. The molecule has 2 amide bonds. The molecule has 0 unspecified atom stereocenters. The lowest BCUT2D eigenvalue weighted by atomic mass is 10.1. The van der Waals surface area contributed by atoms with Crippen molar-refractivity contribution in [1.82, 2.24) is 14.9 Å². The predicted molar refractivity (Wildman–Crippen MR) is 112 cm³/mol. The maximum Gasteiger partial charge on any atom is 0.278 e. The molecule has 2 aliphatic rings. The fourth-order valence-electron chi connectivity index (χ4n) is 3.85. The number of amides is 2. The second-order valence-corrected chi connectivity index (χ2v) is 7.89. The fraction of sp³-hybridized carbons (Fsp3) is 0.318. The molecule has 2 aromatic rings. The SMILES string of the molecule is Cc1ccc(CNC(=O)c2cn3c(c(O)c2=O)C(=O)N2CN3[C@H](C)C=C[C@@H]2CF)c(F)c1. The van der Waals surface area contributed by atoms with Crippen LogP contribution in [0.3, 0.4) is 0 Å². The van der Waals surface area contributed by atoms with Crippen molar-refractivity contribution in [2.24, 2.45) is 0 Å². The molecular weight excluding hydrogens is 422 g/mol. The maximum absolute atomic E-state index is 14.1. The molecule has 0 aliphatic carbocycles. The lowest BCUT2D eigenvalue weighted by molar-refractivity contribution is 0.0617. The Kier molecular flexibility index (Phi) is 5.45. The van der Waals surface area contributed by atoms with E-state index in [-0.39, 0.29) is 30.5 Å². The number of carbonyl (C=O) groups is 2. The van der Waals surface area contributed by atoms with Crippen molar-refractivity contribution in [3.63, 3.8) is 0 Å². The largest absolute Gasteiger partial charge is 0.502 e. The number of nitrogens with zero attached hydrogens (tertiary/aromatic N) is 3. The van der Waals surface area contributed by atoms with Gasteiger partial charge in [-0.05, 0) is 25.5 Å². The zero-order chi connectivity index (χ0) is 23.2. The number of alkyl halides is 1. The highest BCUT2D eigenvalue weighted by Gasteiger charge is 2.39. The van der Waals surface area contributed by atoms with Crippen molar-refractivity contribution in [2.45, 2.75) is 32.5 Å². The number of hydrogen-bond acceptors (Lipinski definition) is 5. The first-order valence-corrected chi connectivity index (χ1v) is 10.1. The molecule has 1 aromatic heterocycles. The molecule has 0 radical (unpaired) electrons. The van der Waals surface area contributed by atoms with E-state index in [0.717, 1.165) is 5.56 Å². The zero-order valence-electron chi connectivity index (χ0n) is 17.5. The smallest absolute Gasteiger partial charge is 0.278 e. The van der Waals surface area contributed by atoms with Gasteiger partial charge in [-0.3, -0.25) is 24.1 Å². The molecule has 3 heterocycles. The van der Waals surface area contributed by atoms with Gasteiger partial charge in [0, 0.05) is 18.3 Å². The highest BCUT2D eigenvalue weighted by atomic mass is 19.1. The van der Waals surface area contributed by atoms with Crippen LogP contribution in [0.25, 0.3) is 0 Å². The van der Waals surface area contributed by atoms with Crippen LogP contribution in [-0.4, -0.2) is 51.9 Å². The number of benzene rings is 1. The highest BCUT2D eigenvalue weighted by molar-refractivity contribution is 5.99. The Morgan fingerprint density at radius 2 is 2.03 bits per heavy atom. The van der Waals surface area contributed by atoms with E-state index in [9.17, 15) is 28.3 Å². The van der Waals surface area contributed by atoms with Crippen LogP contribution in [0.5, 0.6) is 5.75 Å². The minimum absolute atomic E-state index is 0.00648. The number of pyridine rings is 1. The van der Waals surface area contributed by atoms with Gasteiger partial charge in [-0.25, -0.2) is 8.78 Å². The van der Waals surface area contributed by atoms with Crippen LogP contribution in [0, 0.1) is 12.7 Å². The number of hydrogen-bond donors (Lipinski definition) is 2. The predicted octanol–water partition coefficient (Wildman–Crippen LogP) is 1.58. The van der Waals surface area contributed by atoms with E-state index < -0.39 is 47.1 Å². The molecule has 32 heavy (non-hydrogen) atoms. The number of aromatic hydroxyl groups is 1. The summed E-state index contributed by atoms with van der Waals surface area (Å²) in [7, 11) is 0. The van der Waals surface area contributed by atoms with Gasteiger partial charge in [0.15, 0.2) is 11.4 Å². The van der Waals surface area contributed by atoms with E-state index >= 15 is 0 Å². The molecule has 0 fully saturated rings. The first-order chi connectivity index (χ1) is 15.2. The first kappa shape index (κ1) is 21.5. The second kappa shape index (κ2) is 8.10. The molecule has 2 bridgehead atoms. The summed E-state index contributed by atoms with van der Waals surface area (Å²) in [5.74, 6) is -2.93. The van der Waals surface area contributed by atoms with E-state index in [2.05, 4.69) is 5.32 Å². The molecule has 168 valence electrons. The monoisotopic (exact) mass is 444 g/mol. The molecule has 2 N–H and O–H groups in total. The van der Waals surface area contributed by atoms with Gasteiger partial charge in [-0.1, -0.05) is 24.3 Å². The maximum atomic E-state index is 14.1. The van der Waals surface area contributed by atoms with Gasteiger partial charge in [0.25, 0.3) is 11.8 Å². The number of aryl methyl sites for hydroxylation is 1. The van der Waals surface area contributed by atoms with E-state index in [1.165, 1.54) is 27.9 Å². The Morgan fingerprint density at radius 1 is 1.28 bits per heavy atom. The number of rotatable bonds is 4. The third-order valence-corrected chi connectivity index (χ3v) is 5.73. The quantitative estimate of drug-likeness (QED) is 0.699. The van der Waals surface area contributed by atoms with Crippen LogP contribution in [-0.2, 0) is 6.54 Å². The Labute approximate surface area is 182 Å². The van der Waals surface area contributed by atoms with Gasteiger partial charge in [0.05, 0.1) is 12.1 Å². The lowest BCUT2D eigenvalue weighted by Gasteiger charge is -2.41. The first-order valence-electron chi connectivity index (χ1n) is 10.1. The molecule has 1 aromatic carbocycles. The number of halogens is 2. The zero-order valence-corrected chi connectivity index (χ0v) is 17.5. The van der Waals surface area contributed by atoms with E-state index in [1.54, 1.807) is 37.1 Å². The van der Waals surface area contributed by atoms with Gasteiger partial charge in [-0.2, -0.15) is 0 Å². The van der Waals surface area contributed by atoms with Crippen molar-refractivity contribution < 1.29 is 23.5 Å². The molecule has 0 saturated carbocycles. The Balaban J connectivity index is 1.70. The average molecular weight is 444 g/mol. The van der Waals surface area contributed by atoms with Gasteiger partial charge in [-0.15, -0.1) is 0 Å². The van der Waals surface area contributed by atoms with Gasteiger partial charge < -0.3 is 15.3 Å². The number of carbonyl (C=O) groups excluding carboxylic acids is 2. The third-order valence-electron chi connectivity index (χ3n) is 5.73. The summed E-state index contributed by atoms with van der Waals surface area (Å²) in [4.78, 5) is 39.6. The molecule has 0 saturated heterocycles. The number of nitrogens with one attached hydrogen (secondary N) is 1. The summed E-state index contributed by atoms with van der Waals surface area (Å²) < 4.78 is 28.8. The molecule has 8 nitrogen and oxygen atoms in total. The Hall–Kier alpha value is -3.69. The topological polar surface area (TPSA) is 94.9 Å². The Morgan fingerprint density at radius 3 is 2.72 bits per heavy atom. The summed E-state index contributed by atoms with van der Waals surface area (Å²) in [6.07, 6.45) is 4.45. The van der Waals surface area contributed by atoms with E-state index in [0.29, 0.717) is 0 Å². The summed E-state index contributed by atoms with van der Waals surface area (Å²) in [5, 5.41) is 14.6. The van der Waals surface area contributed by atoms with Crippen LogP contribution < -0.4 is 15.8 Å². The molecule has 4 rings (SSSR count). The second-order valence-electron chi connectivity index (χ2n) is 7.89. The highest BCUT2D eigenvalue weighted by Crippen LogP contribution is 2.26. The van der Waals surface area contributed by atoms with Crippen LogP contribution in [0.2, 0.25) is 0 Å². The van der Waals surface area contributed by atoms with Gasteiger partial charge >= 0.3 is 0 Å². The summed E-state index contributed by atoms with van der Waals surface area (Å²) >= 11 is 0. The van der Waals surface area contributed by atoms with Crippen molar-refractivity contribution in [3.05, 3.63) is 75.0 Å². The van der Waals surface area contributed by atoms with Crippen LogP contribution in [0.1, 0.15) is 38.9 Å². The molecule has 0 spiro atoms. The van der Waals surface area contributed by atoms with Crippen LogP contribution in [0.4, 0.5) is 8.78 Å². The van der Waals surface area contributed by atoms with Crippen molar-refractivity contribution in [2.75, 3.05) is 18.4 Å². The van der Waals surface area contributed by atoms with Gasteiger partial charge in [0.2, 0.25) is 5.43 Å². The molecule has 2 aliphatic heterocycles.